The van der Waals surface area contributed by atoms with Crippen molar-refractivity contribution in [3.63, 3.8) is 0 Å². The topological polar surface area (TPSA) is 41.6 Å². The third kappa shape index (κ3) is 4.26. The lowest BCUT2D eigenvalue weighted by atomic mass is 9.63. The van der Waals surface area contributed by atoms with E-state index in [-0.39, 0.29) is 11.7 Å². The number of benzene rings is 1. The van der Waals surface area contributed by atoms with Crippen LogP contribution in [0.1, 0.15) is 45.1 Å². The monoisotopic (exact) mass is 362 g/mol. The summed E-state index contributed by atoms with van der Waals surface area (Å²) in [4.78, 5) is 15.5. The third-order valence-corrected chi connectivity index (χ3v) is 5.82. The Bertz CT molecular complexity index is 610. The minimum absolute atomic E-state index is 0.0522. The van der Waals surface area contributed by atoms with E-state index in [1.165, 1.54) is 12.1 Å². The fourth-order valence-electron chi connectivity index (χ4n) is 4.19. The highest BCUT2D eigenvalue weighted by molar-refractivity contribution is 5.89. The molecule has 4 nitrogen and oxygen atoms in total. The van der Waals surface area contributed by atoms with Gasteiger partial charge in [0.15, 0.2) is 0 Å². The Morgan fingerprint density at radius 3 is 2.62 bits per heavy atom. The van der Waals surface area contributed by atoms with E-state index in [9.17, 15) is 9.18 Å². The van der Waals surface area contributed by atoms with Gasteiger partial charge in [0, 0.05) is 25.7 Å². The summed E-state index contributed by atoms with van der Waals surface area (Å²) < 4.78 is 19.1. The molecule has 1 N–H and O–H groups in total. The van der Waals surface area contributed by atoms with Crippen LogP contribution < -0.4 is 5.32 Å². The van der Waals surface area contributed by atoms with Crippen molar-refractivity contribution in [2.24, 2.45) is 5.92 Å². The molecule has 1 atom stereocenters. The smallest absolute Gasteiger partial charge is 0.230 e. The van der Waals surface area contributed by atoms with Crippen molar-refractivity contribution in [2.75, 3.05) is 32.8 Å². The van der Waals surface area contributed by atoms with Gasteiger partial charge in [0.2, 0.25) is 5.91 Å². The Morgan fingerprint density at radius 2 is 2.04 bits per heavy atom. The van der Waals surface area contributed by atoms with Crippen LogP contribution in [0, 0.1) is 11.7 Å². The van der Waals surface area contributed by atoms with E-state index in [2.05, 4.69) is 24.1 Å². The molecule has 0 bridgehead atoms. The van der Waals surface area contributed by atoms with Crippen LogP contribution in [0.3, 0.4) is 0 Å². The molecule has 1 saturated carbocycles. The minimum atomic E-state index is -0.546. The van der Waals surface area contributed by atoms with Gasteiger partial charge in [-0.05, 0) is 42.9 Å². The molecule has 1 aromatic carbocycles. The van der Waals surface area contributed by atoms with Crippen molar-refractivity contribution in [2.45, 2.75) is 51.0 Å². The first-order chi connectivity index (χ1) is 12.5. The van der Waals surface area contributed by atoms with Crippen LogP contribution in [0.5, 0.6) is 0 Å². The summed E-state index contributed by atoms with van der Waals surface area (Å²) in [5.74, 6) is 0.351. The molecule has 1 aliphatic carbocycles. The quantitative estimate of drug-likeness (QED) is 0.810. The predicted octanol–water partition coefficient (Wildman–Crippen LogP) is 3.11. The summed E-state index contributed by atoms with van der Waals surface area (Å²) in [6, 6.07) is 6.87. The van der Waals surface area contributed by atoms with Crippen LogP contribution in [-0.2, 0) is 14.9 Å². The largest absolute Gasteiger partial charge is 0.379 e. The number of hydrogen-bond donors (Lipinski definition) is 1. The summed E-state index contributed by atoms with van der Waals surface area (Å²) in [7, 11) is 0. The summed E-state index contributed by atoms with van der Waals surface area (Å²) >= 11 is 0. The first-order valence-corrected chi connectivity index (χ1v) is 9.87. The molecule has 144 valence electrons. The van der Waals surface area contributed by atoms with E-state index in [1.807, 2.05) is 6.07 Å². The van der Waals surface area contributed by atoms with Gasteiger partial charge in [0.1, 0.15) is 5.82 Å². The molecule has 26 heavy (non-hydrogen) atoms. The number of nitrogens with one attached hydrogen (secondary N) is 1. The molecule has 1 aliphatic heterocycles. The summed E-state index contributed by atoms with van der Waals surface area (Å²) in [6.07, 6.45) is 3.67. The first kappa shape index (κ1) is 19.3. The molecule has 1 saturated heterocycles. The normalized spacial score (nSPS) is 21.2. The van der Waals surface area contributed by atoms with Crippen LogP contribution in [0.4, 0.5) is 4.39 Å². The van der Waals surface area contributed by atoms with Gasteiger partial charge < -0.3 is 10.1 Å². The van der Waals surface area contributed by atoms with Crippen molar-refractivity contribution >= 4 is 5.91 Å². The second-order valence-corrected chi connectivity index (χ2v) is 8.09. The lowest BCUT2D eigenvalue weighted by Gasteiger charge is -2.42. The zero-order valence-corrected chi connectivity index (χ0v) is 16.0. The maximum absolute atomic E-state index is 13.7. The number of amides is 1. The van der Waals surface area contributed by atoms with Gasteiger partial charge in [0.25, 0.3) is 0 Å². The van der Waals surface area contributed by atoms with Gasteiger partial charge >= 0.3 is 0 Å². The van der Waals surface area contributed by atoms with Gasteiger partial charge in [-0.15, -0.1) is 0 Å². The van der Waals surface area contributed by atoms with E-state index in [1.54, 1.807) is 6.07 Å². The lowest BCUT2D eigenvalue weighted by Crippen LogP contribution is -2.54. The number of nitrogens with zero attached hydrogens (tertiary/aromatic N) is 1. The van der Waals surface area contributed by atoms with E-state index in [0.29, 0.717) is 18.5 Å². The van der Waals surface area contributed by atoms with Crippen LogP contribution in [0.15, 0.2) is 24.3 Å². The van der Waals surface area contributed by atoms with Crippen LogP contribution >= 0.6 is 0 Å². The molecule has 1 heterocycles. The zero-order chi connectivity index (χ0) is 18.6. The van der Waals surface area contributed by atoms with Gasteiger partial charge in [-0.3, -0.25) is 9.69 Å². The average Bonchev–Trinajstić information content (AvgIpc) is 2.58. The highest BCUT2D eigenvalue weighted by atomic mass is 19.1. The number of carbonyl (C=O) groups excluding carboxylic acids is 1. The number of carbonyl (C=O) groups is 1. The number of morpholine rings is 1. The van der Waals surface area contributed by atoms with E-state index in [4.69, 9.17) is 4.74 Å². The molecule has 0 aromatic heterocycles. The van der Waals surface area contributed by atoms with Crippen LogP contribution in [0.25, 0.3) is 0 Å². The van der Waals surface area contributed by atoms with Crippen molar-refractivity contribution < 1.29 is 13.9 Å². The Balaban J connectivity index is 1.66. The van der Waals surface area contributed by atoms with Crippen molar-refractivity contribution in [3.05, 3.63) is 35.6 Å². The Labute approximate surface area is 156 Å². The molecule has 5 heteroatoms. The van der Waals surface area contributed by atoms with Gasteiger partial charge in [-0.25, -0.2) is 4.39 Å². The molecular weight excluding hydrogens is 331 g/mol. The fourth-order valence-corrected chi connectivity index (χ4v) is 4.19. The van der Waals surface area contributed by atoms with E-state index >= 15 is 0 Å². The van der Waals surface area contributed by atoms with Crippen molar-refractivity contribution in [1.29, 1.82) is 0 Å². The highest BCUT2D eigenvalue weighted by Gasteiger charge is 2.45. The molecule has 0 spiro atoms. The van der Waals surface area contributed by atoms with Gasteiger partial charge in [0.05, 0.1) is 18.6 Å². The molecular formula is C21H31FN2O2. The molecule has 2 fully saturated rings. The number of ether oxygens (including phenoxy) is 1. The Morgan fingerprint density at radius 1 is 1.31 bits per heavy atom. The molecule has 1 amide bonds. The number of rotatable bonds is 7. The highest BCUT2D eigenvalue weighted by Crippen LogP contribution is 2.44. The number of hydrogen-bond acceptors (Lipinski definition) is 3. The maximum Gasteiger partial charge on any atom is 0.230 e. The third-order valence-electron chi connectivity index (χ3n) is 5.82. The lowest BCUT2D eigenvalue weighted by molar-refractivity contribution is -0.130. The van der Waals surface area contributed by atoms with E-state index < -0.39 is 5.41 Å². The Kier molecular flexibility index (Phi) is 6.30. The van der Waals surface area contributed by atoms with Crippen LogP contribution in [0.2, 0.25) is 0 Å². The molecule has 1 unspecified atom stereocenters. The standard InChI is InChI=1S/C21H31FN2O2/c1-16(2)13-19(24-9-11-26-12-10-24)15-23-20(25)21(7-4-8-21)17-5-3-6-18(22)14-17/h3,5-6,14,16,19H,4,7-13,15H2,1-2H3,(H,23,25). The van der Waals surface area contributed by atoms with Crippen molar-refractivity contribution in [1.82, 2.24) is 10.2 Å². The molecule has 0 radical (unpaired) electrons. The average molecular weight is 362 g/mol. The Hall–Kier alpha value is -1.46. The summed E-state index contributed by atoms with van der Waals surface area (Å²) in [6.45, 7) is 8.44. The van der Waals surface area contributed by atoms with E-state index in [0.717, 1.165) is 57.6 Å². The summed E-state index contributed by atoms with van der Waals surface area (Å²) in [5, 5.41) is 3.20. The maximum atomic E-state index is 13.7. The zero-order valence-electron chi connectivity index (χ0n) is 16.0. The van der Waals surface area contributed by atoms with Crippen LogP contribution in [-0.4, -0.2) is 49.7 Å². The number of halogens is 1. The second-order valence-electron chi connectivity index (χ2n) is 8.09. The SMILES string of the molecule is CC(C)CC(CNC(=O)C1(c2cccc(F)c2)CCC1)N1CCOCC1. The van der Waals surface area contributed by atoms with Crippen molar-refractivity contribution in [3.8, 4) is 0 Å². The fraction of sp³-hybridized carbons (Fsp3) is 0.667. The molecule has 2 aliphatic rings. The summed E-state index contributed by atoms with van der Waals surface area (Å²) in [5.41, 5.74) is 0.267. The minimum Gasteiger partial charge on any atom is -0.379 e. The first-order valence-electron chi connectivity index (χ1n) is 9.87. The second kappa shape index (κ2) is 8.49. The molecule has 3 rings (SSSR count). The van der Waals surface area contributed by atoms with Gasteiger partial charge in [-0.2, -0.15) is 0 Å². The van der Waals surface area contributed by atoms with Gasteiger partial charge in [-0.1, -0.05) is 32.4 Å². The molecule has 1 aromatic rings. The predicted molar refractivity (Wildman–Crippen MR) is 101 cm³/mol.